The van der Waals surface area contributed by atoms with E-state index < -0.39 is 0 Å². The highest BCUT2D eigenvalue weighted by Crippen LogP contribution is 2.31. The molecule has 1 aliphatic heterocycles. The summed E-state index contributed by atoms with van der Waals surface area (Å²) in [4.78, 5) is 24.0. The van der Waals surface area contributed by atoms with Crippen molar-refractivity contribution < 1.29 is 9.53 Å². The Balaban J connectivity index is 1.23. The molecule has 0 saturated carbocycles. The Morgan fingerprint density at radius 1 is 1.03 bits per heavy atom. The van der Waals surface area contributed by atoms with Crippen LogP contribution in [0.4, 0.5) is 10.8 Å². The number of hydrogen-bond donors (Lipinski definition) is 1. The third kappa shape index (κ3) is 4.10. The zero-order valence-electron chi connectivity index (χ0n) is 15.8. The van der Waals surface area contributed by atoms with E-state index in [1.54, 1.807) is 22.7 Å². The van der Waals surface area contributed by atoms with E-state index in [0.29, 0.717) is 12.8 Å². The minimum atomic E-state index is 0.00141. The lowest BCUT2D eigenvalue weighted by Crippen LogP contribution is -2.36. The summed E-state index contributed by atoms with van der Waals surface area (Å²) in [7, 11) is 0. The average molecular weight is 425 g/mol. The number of nitrogens with one attached hydrogen (secondary N) is 1. The van der Waals surface area contributed by atoms with Gasteiger partial charge in [0.05, 0.1) is 38.7 Å². The normalized spacial score (nSPS) is 14.6. The Morgan fingerprint density at radius 2 is 1.86 bits per heavy atom. The lowest BCUT2D eigenvalue weighted by atomic mass is 10.2. The molecule has 1 N–H and O–H groups in total. The number of hydrogen-bond acceptors (Lipinski definition) is 7. The highest BCUT2D eigenvalue weighted by atomic mass is 32.1. The summed E-state index contributed by atoms with van der Waals surface area (Å²) in [5.74, 6) is 0.00141. The first-order valence-corrected chi connectivity index (χ1v) is 11.3. The van der Waals surface area contributed by atoms with Gasteiger partial charge in [-0.25, -0.2) is 9.97 Å². The summed E-state index contributed by atoms with van der Waals surface area (Å²) < 4.78 is 7.65. The zero-order chi connectivity index (χ0) is 19.6. The predicted octanol–water partition coefficient (Wildman–Crippen LogP) is 4.31. The maximum absolute atomic E-state index is 12.4. The van der Waals surface area contributed by atoms with Gasteiger partial charge in [0.2, 0.25) is 5.91 Å². The number of anilines is 2. The maximum atomic E-state index is 12.4. The number of carbonyl (C=O) groups excluding carboxylic acids is 1. The molecule has 0 bridgehead atoms. The van der Waals surface area contributed by atoms with Gasteiger partial charge in [-0.3, -0.25) is 4.79 Å². The third-order valence-electron chi connectivity index (χ3n) is 4.85. The fraction of sp³-hybridized carbons (Fsp3) is 0.286. The number of aromatic nitrogens is 2. The van der Waals surface area contributed by atoms with E-state index >= 15 is 0 Å². The van der Waals surface area contributed by atoms with Crippen LogP contribution in [0.5, 0.6) is 0 Å². The van der Waals surface area contributed by atoms with Crippen molar-refractivity contribution >= 4 is 59.8 Å². The Hall–Kier alpha value is -2.55. The first-order chi connectivity index (χ1) is 14.2. The number of para-hydroxylation sites is 1. The molecule has 0 radical (unpaired) electrons. The van der Waals surface area contributed by atoms with Crippen molar-refractivity contribution in [2.24, 2.45) is 0 Å². The van der Waals surface area contributed by atoms with Crippen molar-refractivity contribution in [1.82, 2.24) is 9.97 Å². The predicted molar refractivity (Wildman–Crippen MR) is 119 cm³/mol. The number of benzene rings is 2. The van der Waals surface area contributed by atoms with Gasteiger partial charge in [-0.15, -0.1) is 11.3 Å². The summed E-state index contributed by atoms with van der Waals surface area (Å²) in [6, 6.07) is 14.0. The molecular weight excluding hydrogens is 404 g/mol. The lowest BCUT2D eigenvalue weighted by Gasteiger charge is -2.25. The molecule has 1 amide bonds. The number of nitrogens with zero attached hydrogens (tertiary/aromatic N) is 3. The summed E-state index contributed by atoms with van der Waals surface area (Å²) in [5, 5.41) is 5.02. The standard InChI is InChI=1S/C21H20N4O2S2/c26-19(7-8-20-23-15-3-1-2-4-17(15)28-20)22-14-5-6-16-18(13-14)29-21(24-16)25-9-11-27-12-10-25/h1-6,13H,7-12H2,(H,22,26). The summed E-state index contributed by atoms with van der Waals surface area (Å²) >= 11 is 3.31. The molecular formula is C21H20N4O2S2. The Bertz CT molecular complexity index is 1130. The van der Waals surface area contributed by atoms with Crippen LogP contribution in [-0.4, -0.2) is 42.2 Å². The second-order valence-corrected chi connectivity index (χ2v) is 9.03. The summed E-state index contributed by atoms with van der Waals surface area (Å²) in [6.45, 7) is 3.22. The molecule has 8 heteroatoms. The molecule has 29 heavy (non-hydrogen) atoms. The molecule has 2 aromatic carbocycles. The van der Waals surface area contributed by atoms with Crippen LogP contribution in [0.2, 0.25) is 0 Å². The van der Waals surface area contributed by atoms with Gasteiger partial charge in [-0.2, -0.15) is 0 Å². The van der Waals surface area contributed by atoms with Crippen molar-refractivity contribution in [3.63, 3.8) is 0 Å². The van der Waals surface area contributed by atoms with Gasteiger partial charge in [0.1, 0.15) is 0 Å². The van der Waals surface area contributed by atoms with Crippen LogP contribution < -0.4 is 10.2 Å². The van der Waals surface area contributed by atoms with Crippen molar-refractivity contribution in [3.8, 4) is 0 Å². The molecule has 0 spiro atoms. The first-order valence-electron chi connectivity index (χ1n) is 9.62. The highest BCUT2D eigenvalue weighted by Gasteiger charge is 2.16. The van der Waals surface area contributed by atoms with E-state index in [9.17, 15) is 4.79 Å². The fourth-order valence-corrected chi connectivity index (χ4v) is 5.37. The highest BCUT2D eigenvalue weighted by molar-refractivity contribution is 7.22. The Kier molecular flexibility index (Phi) is 5.13. The second kappa shape index (κ2) is 8.06. The van der Waals surface area contributed by atoms with E-state index in [2.05, 4.69) is 21.3 Å². The van der Waals surface area contributed by atoms with Gasteiger partial charge in [0.15, 0.2) is 5.13 Å². The first kappa shape index (κ1) is 18.5. The Morgan fingerprint density at radius 3 is 2.72 bits per heavy atom. The topological polar surface area (TPSA) is 67.4 Å². The Labute approximate surface area is 176 Å². The van der Waals surface area contributed by atoms with Crippen molar-refractivity contribution in [1.29, 1.82) is 0 Å². The third-order valence-corrected chi connectivity index (χ3v) is 7.02. The number of carbonyl (C=O) groups is 1. The van der Waals surface area contributed by atoms with Gasteiger partial charge in [0.25, 0.3) is 0 Å². The van der Waals surface area contributed by atoms with Gasteiger partial charge in [-0.1, -0.05) is 23.5 Å². The SMILES string of the molecule is O=C(CCc1nc2ccccc2s1)Nc1ccc2nc(N3CCOCC3)sc2c1. The number of fused-ring (bicyclic) bond motifs is 2. The van der Waals surface area contributed by atoms with Gasteiger partial charge >= 0.3 is 0 Å². The zero-order valence-corrected chi connectivity index (χ0v) is 17.4. The molecule has 0 atom stereocenters. The molecule has 1 saturated heterocycles. The van der Waals surface area contributed by atoms with Crippen LogP contribution in [0.1, 0.15) is 11.4 Å². The molecule has 1 fully saturated rings. The van der Waals surface area contributed by atoms with E-state index in [-0.39, 0.29) is 5.91 Å². The quantitative estimate of drug-likeness (QED) is 0.517. The average Bonchev–Trinajstić information content (AvgIpc) is 3.36. The van der Waals surface area contributed by atoms with E-state index in [0.717, 1.165) is 62.6 Å². The van der Waals surface area contributed by atoms with Crippen LogP contribution in [-0.2, 0) is 16.0 Å². The van der Waals surface area contributed by atoms with Crippen LogP contribution >= 0.6 is 22.7 Å². The molecule has 0 aliphatic carbocycles. The van der Waals surface area contributed by atoms with Crippen LogP contribution in [0.25, 0.3) is 20.4 Å². The second-order valence-electron chi connectivity index (χ2n) is 6.90. The fourth-order valence-electron chi connectivity index (χ4n) is 3.35. The smallest absolute Gasteiger partial charge is 0.224 e. The molecule has 148 valence electrons. The molecule has 0 unspecified atom stereocenters. The lowest BCUT2D eigenvalue weighted by molar-refractivity contribution is -0.116. The number of ether oxygens (including phenoxy) is 1. The summed E-state index contributed by atoms with van der Waals surface area (Å²) in [6.07, 6.45) is 1.06. The largest absolute Gasteiger partial charge is 0.378 e. The molecule has 1 aliphatic rings. The van der Waals surface area contributed by atoms with E-state index in [1.807, 2.05) is 36.4 Å². The number of rotatable bonds is 5. The van der Waals surface area contributed by atoms with E-state index in [1.165, 1.54) is 0 Å². The molecule has 5 rings (SSSR count). The van der Waals surface area contributed by atoms with Crippen LogP contribution in [0, 0.1) is 0 Å². The van der Waals surface area contributed by atoms with Gasteiger partial charge < -0.3 is 15.0 Å². The van der Waals surface area contributed by atoms with Crippen molar-refractivity contribution in [2.75, 3.05) is 36.5 Å². The number of thiazole rings is 2. The van der Waals surface area contributed by atoms with Gasteiger partial charge in [0, 0.05) is 31.6 Å². The van der Waals surface area contributed by atoms with E-state index in [4.69, 9.17) is 9.72 Å². The van der Waals surface area contributed by atoms with Crippen LogP contribution in [0.15, 0.2) is 42.5 Å². The molecule has 3 heterocycles. The minimum absolute atomic E-state index is 0.00141. The number of morpholine rings is 1. The van der Waals surface area contributed by atoms with Crippen molar-refractivity contribution in [2.45, 2.75) is 12.8 Å². The minimum Gasteiger partial charge on any atom is -0.378 e. The molecule has 6 nitrogen and oxygen atoms in total. The van der Waals surface area contributed by atoms with Gasteiger partial charge in [-0.05, 0) is 30.3 Å². The molecule has 4 aromatic rings. The number of aryl methyl sites for hydroxylation is 1. The maximum Gasteiger partial charge on any atom is 0.224 e. The number of amides is 1. The molecule has 2 aromatic heterocycles. The summed E-state index contributed by atoms with van der Waals surface area (Å²) in [5.41, 5.74) is 2.77. The van der Waals surface area contributed by atoms with Crippen molar-refractivity contribution in [3.05, 3.63) is 47.5 Å². The monoisotopic (exact) mass is 424 g/mol. The van der Waals surface area contributed by atoms with Crippen LogP contribution in [0.3, 0.4) is 0 Å².